The molecule has 0 atom stereocenters. The molecule has 0 bridgehead atoms. The lowest BCUT2D eigenvalue weighted by molar-refractivity contribution is -0.137. The average Bonchev–Trinajstić information content (AvgIpc) is 2.42. The maximum atomic E-state index is 11.9. The fourth-order valence-corrected chi connectivity index (χ4v) is 1.97. The van der Waals surface area contributed by atoms with Gasteiger partial charge in [0, 0.05) is 29.5 Å². The Bertz CT molecular complexity index is 599. The molecule has 0 saturated heterocycles. The highest BCUT2D eigenvalue weighted by Crippen LogP contribution is 2.10. The van der Waals surface area contributed by atoms with E-state index in [1.807, 2.05) is 20.8 Å². The second kappa shape index (κ2) is 8.05. The first-order valence-corrected chi connectivity index (χ1v) is 7.70. The predicted molar refractivity (Wildman–Crippen MR) is 87.8 cm³/mol. The van der Waals surface area contributed by atoms with Crippen molar-refractivity contribution in [3.8, 4) is 0 Å². The van der Waals surface area contributed by atoms with Crippen LogP contribution in [0.2, 0.25) is 0 Å². The number of likely N-dealkylation sites (N-methyl/N-ethyl adjacent to an activating group) is 1. The van der Waals surface area contributed by atoms with Crippen molar-refractivity contribution in [3.05, 3.63) is 28.5 Å². The van der Waals surface area contributed by atoms with Crippen molar-refractivity contribution in [1.82, 2.24) is 15.2 Å². The van der Waals surface area contributed by atoms with Crippen molar-refractivity contribution in [1.29, 1.82) is 0 Å². The smallest absolute Gasteiger partial charge is 0.340 e. The van der Waals surface area contributed by atoms with Gasteiger partial charge in [-0.05, 0) is 42.8 Å². The van der Waals surface area contributed by atoms with Gasteiger partial charge in [0.2, 0.25) is 5.91 Å². The molecule has 1 rings (SSSR count). The molecule has 1 N–H and O–H groups in total. The minimum atomic E-state index is -0.653. The zero-order chi connectivity index (χ0) is 17.6. The number of pyridine rings is 1. The van der Waals surface area contributed by atoms with Crippen LogP contribution in [-0.4, -0.2) is 53.4 Å². The Labute approximate surface area is 143 Å². The van der Waals surface area contributed by atoms with Crippen molar-refractivity contribution >= 4 is 33.7 Å². The van der Waals surface area contributed by atoms with Gasteiger partial charge in [0.1, 0.15) is 0 Å². The highest BCUT2D eigenvalue weighted by atomic mass is 79.9. The number of aromatic nitrogens is 1. The van der Waals surface area contributed by atoms with Gasteiger partial charge < -0.3 is 15.0 Å². The van der Waals surface area contributed by atoms with E-state index in [4.69, 9.17) is 4.74 Å². The highest BCUT2D eigenvalue weighted by molar-refractivity contribution is 9.10. The lowest BCUT2D eigenvalue weighted by Crippen LogP contribution is -2.46. The van der Waals surface area contributed by atoms with Gasteiger partial charge in [-0.15, -0.1) is 0 Å². The van der Waals surface area contributed by atoms with Crippen LogP contribution in [0, 0.1) is 0 Å². The lowest BCUT2D eigenvalue weighted by Gasteiger charge is -2.23. The quantitative estimate of drug-likeness (QED) is 0.773. The Hall–Kier alpha value is -1.96. The molecule has 0 aliphatic heterocycles. The summed E-state index contributed by atoms with van der Waals surface area (Å²) >= 11 is 3.19. The van der Waals surface area contributed by atoms with Crippen LogP contribution < -0.4 is 5.32 Å². The molecule has 0 unspecified atom stereocenters. The normalized spacial score (nSPS) is 10.8. The first-order valence-electron chi connectivity index (χ1n) is 6.91. The molecule has 0 aliphatic carbocycles. The SMILES string of the molecule is CN(CC(=O)NC(C)(C)C)C(=O)COC(=O)c1cncc(Br)c1. The lowest BCUT2D eigenvalue weighted by atomic mass is 10.1. The molecule has 0 aromatic carbocycles. The minimum absolute atomic E-state index is 0.105. The number of hydrogen-bond acceptors (Lipinski definition) is 5. The van der Waals surface area contributed by atoms with Gasteiger partial charge in [-0.3, -0.25) is 14.6 Å². The number of halogens is 1. The monoisotopic (exact) mass is 385 g/mol. The molecular weight excluding hydrogens is 366 g/mol. The summed E-state index contributed by atoms with van der Waals surface area (Å²) in [7, 11) is 1.47. The van der Waals surface area contributed by atoms with E-state index in [2.05, 4.69) is 26.2 Å². The Balaban J connectivity index is 2.46. The van der Waals surface area contributed by atoms with Crippen LogP contribution in [0.5, 0.6) is 0 Å². The van der Waals surface area contributed by atoms with E-state index < -0.39 is 18.5 Å². The number of esters is 1. The number of nitrogens with one attached hydrogen (secondary N) is 1. The molecule has 1 aromatic rings. The number of nitrogens with zero attached hydrogens (tertiary/aromatic N) is 2. The van der Waals surface area contributed by atoms with E-state index in [1.165, 1.54) is 24.3 Å². The standard InChI is InChI=1S/C15H20BrN3O4/c1-15(2,3)18-12(20)8-19(4)13(21)9-23-14(22)10-5-11(16)7-17-6-10/h5-7H,8-9H2,1-4H3,(H,18,20). The van der Waals surface area contributed by atoms with Crippen molar-refractivity contribution in [2.24, 2.45) is 0 Å². The summed E-state index contributed by atoms with van der Waals surface area (Å²) in [6.45, 7) is 5.00. The summed E-state index contributed by atoms with van der Waals surface area (Å²) in [5.74, 6) is -1.40. The van der Waals surface area contributed by atoms with E-state index in [0.29, 0.717) is 4.47 Å². The molecule has 2 amide bonds. The number of rotatable bonds is 5. The van der Waals surface area contributed by atoms with Crippen molar-refractivity contribution < 1.29 is 19.1 Å². The number of carbonyl (C=O) groups excluding carboxylic acids is 3. The molecule has 1 aromatic heterocycles. The van der Waals surface area contributed by atoms with E-state index in [9.17, 15) is 14.4 Å². The molecule has 8 heteroatoms. The van der Waals surface area contributed by atoms with Gasteiger partial charge in [0.15, 0.2) is 6.61 Å². The van der Waals surface area contributed by atoms with Gasteiger partial charge in [-0.25, -0.2) is 4.79 Å². The molecular formula is C15H20BrN3O4. The molecule has 23 heavy (non-hydrogen) atoms. The van der Waals surface area contributed by atoms with E-state index in [0.717, 1.165) is 0 Å². The van der Waals surface area contributed by atoms with E-state index in [-0.39, 0.29) is 23.6 Å². The van der Waals surface area contributed by atoms with Crippen LogP contribution in [0.15, 0.2) is 22.9 Å². The molecule has 126 valence electrons. The van der Waals surface area contributed by atoms with Crippen molar-refractivity contribution in [2.45, 2.75) is 26.3 Å². The van der Waals surface area contributed by atoms with Gasteiger partial charge in [-0.1, -0.05) is 0 Å². The van der Waals surface area contributed by atoms with E-state index >= 15 is 0 Å². The third-order valence-corrected chi connectivity index (χ3v) is 3.02. The summed E-state index contributed by atoms with van der Waals surface area (Å²) < 4.78 is 5.56. The Morgan fingerprint density at radius 3 is 2.52 bits per heavy atom. The summed E-state index contributed by atoms with van der Waals surface area (Å²) in [4.78, 5) is 40.5. The fourth-order valence-electron chi connectivity index (χ4n) is 1.61. The highest BCUT2D eigenvalue weighted by Gasteiger charge is 2.19. The molecule has 7 nitrogen and oxygen atoms in total. The number of ether oxygens (including phenoxy) is 1. The third kappa shape index (κ3) is 7.23. The topological polar surface area (TPSA) is 88.6 Å². The first-order chi connectivity index (χ1) is 10.6. The molecule has 0 spiro atoms. The zero-order valence-electron chi connectivity index (χ0n) is 13.6. The second-order valence-electron chi connectivity index (χ2n) is 6.02. The van der Waals surface area contributed by atoms with E-state index in [1.54, 1.807) is 6.07 Å². The van der Waals surface area contributed by atoms with Crippen LogP contribution >= 0.6 is 15.9 Å². The van der Waals surface area contributed by atoms with Crippen LogP contribution in [-0.2, 0) is 14.3 Å². The molecule has 1 heterocycles. The largest absolute Gasteiger partial charge is 0.452 e. The van der Waals surface area contributed by atoms with Gasteiger partial charge in [0.05, 0.1) is 12.1 Å². The van der Waals surface area contributed by atoms with Gasteiger partial charge in [-0.2, -0.15) is 0 Å². The summed E-state index contributed by atoms with van der Waals surface area (Å²) in [5, 5.41) is 2.75. The summed E-state index contributed by atoms with van der Waals surface area (Å²) in [6, 6.07) is 1.54. The Morgan fingerprint density at radius 1 is 1.30 bits per heavy atom. The third-order valence-electron chi connectivity index (χ3n) is 2.59. The van der Waals surface area contributed by atoms with Gasteiger partial charge >= 0.3 is 5.97 Å². The van der Waals surface area contributed by atoms with Crippen LogP contribution in [0.3, 0.4) is 0 Å². The van der Waals surface area contributed by atoms with Crippen molar-refractivity contribution in [2.75, 3.05) is 20.2 Å². The Morgan fingerprint density at radius 2 is 1.96 bits per heavy atom. The number of hydrogen-bond donors (Lipinski definition) is 1. The molecule has 0 saturated carbocycles. The Kier molecular flexibility index (Phi) is 6.68. The fraction of sp³-hybridized carbons (Fsp3) is 0.467. The minimum Gasteiger partial charge on any atom is -0.452 e. The average molecular weight is 386 g/mol. The second-order valence-corrected chi connectivity index (χ2v) is 6.93. The molecule has 0 radical (unpaired) electrons. The first kappa shape index (κ1) is 19.1. The van der Waals surface area contributed by atoms with Crippen molar-refractivity contribution in [3.63, 3.8) is 0 Å². The van der Waals surface area contributed by atoms with Crippen LogP contribution in [0.25, 0.3) is 0 Å². The predicted octanol–water partition coefficient (Wildman–Crippen LogP) is 1.37. The van der Waals surface area contributed by atoms with Crippen LogP contribution in [0.4, 0.5) is 0 Å². The number of carbonyl (C=O) groups is 3. The van der Waals surface area contributed by atoms with Crippen LogP contribution in [0.1, 0.15) is 31.1 Å². The molecule has 0 fully saturated rings. The molecule has 0 aliphatic rings. The summed E-state index contributed by atoms with van der Waals surface area (Å²) in [6.07, 6.45) is 2.88. The zero-order valence-corrected chi connectivity index (χ0v) is 15.1. The number of amides is 2. The maximum absolute atomic E-state index is 11.9. The summed E-state index contributed by atoms with van der Waals surface area (Å²) in [5.41, 5.74) is -0.137. The maximum Gasteiger partial charge on any atom is 0.340 e. The van der Waals surface area contributed by atoms with Gasteiger partial charge in [0.25, 0.3) is 5.91 Å².